The number of nitrogens with one attached hydrogen (secondary N) is 1. The van der Waals surface area contributed by atoms with Gasteiger partial charge in [0.15, 0.2) is 0 Å². The van der Waals surface area contributed by atoms with Crippen LogP contribution in [0.15, 0.2) is 28.7 Å². The molecule has 0 bridgehead atoms. The molecule has 1 aliphatic carbocycles. The first-order valence-electron chi connectivity index (χ1n) is 7.49. The first kappa shape index (κ1) is 14.6. The Hall–Kier alpha value is -1.36. The topological polar surface area (TPSA) is 49.4 Å². The molecule has 1 spiro atoms. The average Bonchev–Trinajstić information content (AvgIpc) is 2.65. The molecule has 1 N–H and O–H groups in total. The number of hydrogen-bond acceptors (Lipinski definition) is 2. The third kappa shape index (κ3) is 2.71. The molecule has 1 saturated carbocycles. The molecule has 0 unspecified atom stereocenters. The molecule has 1 saturated heterocycles. The number of halogens is 1. The molecule has 1 aliphatic heterocycles. The first-order valence-corrected chi connectivity index (χ1v) is 8.29. The number of urea groups is 1. The van der Waals surface area contributed by atoms with E-state index in [1.807, 2.05) is 24.3 Å². The Morgan fingerprint density at radius 3 is 2.29 bits per heavy atom. The number of nitrogens with zero attached hydrogens (tertiary/aromatic N) is 1. The standard InChI is InChI=1S/C16H19BrN2O2/c17-13-7-5-12(6-8-13)11-19-15(21)18-14(20)16(19)9-3-1-2-4-10-16/h5-8H,1-4,9-11H2,(H,18,20,21). The van der Waals surface area contributed by atoms with Crippen molar-refractivity contribution >= 4 is 27.9 Å². The Bertz CT molecular complexity index is 548. The summed E-state index contributed by atoms with van der Waals surface area (Å²) in [5.41, 5.74) is 0.423. The van der Waals surface area contributed by atoms with Crippen molar-refractivity contribution in [1.82, 2.24) is 10.2 Å². The van der Waals surface area contributed by atoms with Gasteiger partial charge in [0, 0.05) is 11.0 Å². The molecule has 2 fully saturated rings. The van der Waals surface area contributed by atoms with Crippen molar-refractivity contribution in [3.05, 3.63) is 34.3 Å². The van der Waals surface area contributed by atoms with E-state index < -0.39 is 5.54 Å². The molecule has 0 radical (unpaired) electrons. The van der Waals surface area contributed by atoms with Crippen molar-refractivity contribution < 1.29 is 9.59 Å². The molecule has 3 amide bonds. The van der Waals surface area contributed by atoms with E-state index >= 15 is 0 Å². The van der Waals surface area contributed by atoms with Crippen LogP contribution in [0.3, 0.4) is 0 Å². The van der Waals surface area contributed by atoms with Crippen LogP contribution >= 0.6 is 15.9 Å². The maximum absolute atomic E-state index is 12.4. The monoisotopic (exact) mass is 350 g/mol. The number of carbonyl (C=O) groups excluding carboxylic acids is 2. The SMILES string of the molecule is O=C1NC(=O)C2(CCCCCC2)N1Cc1ccc(Br)cc1. The third-order valence-electron chi connectivity index (χ3n) is 4.59. The van der Waals surface area contributed by atoms with Gasteiger partial charge in [0.2, 0.25) is 0 Å². The van der Waals surface area contributed by atoms with Gasteiger partial charge in [-0.1, -0.05) is 53.7 Å². The number of imide groups is 1. The normalized spacial score (nSPS) is 21.5. The number of benzene rings is 1. The van der Waals surface area contributed by atoms with Crippen molar-refractivity contribution in [2.24, 2.45) is 0 Å². The second-order valence-electron chi connectivity index (χ2n) is 5.92. The second-order valence-corrected chi connectivity index (χ2v) is 6.83. The van der Waals surface area contributed by atoms with Gasteiger partial charge in [-0.3, -0.25) is 10.1 Å². The van der Waals surface area contributed by atoms with E-state index in [4.69, 9.17) is 0 Å². The third-order valence-corrected chi connectivity index (χ3v) is 5.12. The van der Waals surface area contributed by atoms with Crippen LogP contribution in [0.4, 0.5) is 4.79 Å². The molecule has 1 aromatic carbocycles. The molecular weight excluding hydrogens is 332 g/mol. The highest BCUT2D eigenvalue weighted by atomic mass is 79.9. The Balaban J connectivity index is 1.88. The van der Waals surface area contributed by atoms with Gasteiger partial charge in [0.25, 0.3) is 5.91 Å². The van der Waals surface area contributed by atoms with Crippen LogP contribution in [0.25, 0.3) is 0 Å². The van der Waals surface area contributed by atoms with Crippen molar-refractivity contribution in [1.29, 1.82) is 0 Å². The van der Waals surface area contributed by atoms with E-state index in [0.29, 0.717) is 6.54 Å². The van der Waals surface area contributed by atoms with Gasteiger partial charge in [-0.2, -0.15) is 0 Å². The lowest BCUT2D eigenvalue weighted by atomic mass is 9.88. The zero-order chi connectivity index (χ0) is 14.9. The predicted octanol–water partition coefficient (Wildman–Crippen LogP) is 3.59. The van der Waals surface area contributed by atoms with Crippen LogP contribution in [-0.4, -0.2) is 22.4 Å². The molecular formula is C16H19BrN2O2. The van der Waals surface area contributed by atoms with Crippen LogP contribution < -0.4 is 5.32 Å². The summed E-state index contributed by atoms with van der Waals surface area (Å²) >= 11 is 3.41. The van der Waals surface area contributed by atoms with Crippen LogP contribution in [0.2, 0.25) is 0 Å². The van der Waals surface area contributed by atoms with Crippen LogP contribution in [0, 0.1) is 0 Å². The van der Waals surface area contributed by atoms with Gasteiger partial charge in [0.05, 0.1) is 0 Å². The van der Waals surface area contributed by atoms with Crippen molar-refractivity contribution in [3.8, 4) is 0 Å². The summed E-state index contributed by atoms with van der Waals surface area (Å²) in [6.07, 6.45) is 5.88. The van der Waals surface area contributed by atoms with Gasteiger partial charge < -0.3 is 4.90 Å². The van der Waals surface area contributed by atoms with E-state index in [1.54, 1.807) is 4.90 Å². The largest absolute Gasteiger partial charge is 0.325 e. The van der Waals surface area contributed by atoms with Crippen LogP contribution in [0.1, 0.15) is 44.1 Å². The minimum atomic E-state index is -0.624. The first-order chi connectivity index (χ1) is 10.1. The number of carbonyl (C=O) groups is 2. The highest BCUT2D eigenvalue weighted by Gasteiger charge is 2.52. The predicted molar refractivity (Wildman–Crippen MR) is 83.7 cm³/mol. The molecule has 4 nitrogen and oxygen atoms in total. The summed E-state index contributed by atoms with van der Waals surface area (Å²) in [6, 6.07) is 7.66. The molecule has 1 heterocycles. The maximum Gasteiger partial charge on any atom is 0.325 e. The molecule has 112 valence electrons. The lowest BCUT2D eigenvalue weighted by molar-refractivity contribution is -0.127. The zero-order valence-electron chi connectivity index (χ0n) is 11.9. The average molecular weight is 351 g/mol. The summed E-state index contributed by atoms with van der Waals surface area (Å²) in [5, 5.41) is 2.53. The maximum atomic E-state index is 12.4. The summed E-state index contributed by atoms with van der Waals surface area (Å²) in [4.78, 5) is 26.4. The van der Waals surface area contributed by atoms with E-state index in [9.17, 15) is 9.59 Å². The fraction of sp³-hybridized carbons (Fsp3) is 0.500. The molecule has 5 heteroatoms. The summed E-state index contributed by atoms with van der Waals surface area (Å²) in [7, 11) is 0. The second kappa shape index (κ2) is 5.79. The van der Waals surface area contributed by atoms with Crippen molar-refractivity contribution in [3.63, 3.8) is 0 Å². The minimum absolute atomic E-state index is 0.105. The highest BCUT2D eigenvalue weighted by molar-refractivity contribution is 9.10. The lowest BCUT2D eigenvalue weighted by Gasteiger charge is -2.34. The fourth-order valence-corrected chi connectivity index (χ4v) is 3.67. The summed E-state index contributed by atoms with van der Waals surface area (Å²) in [5.74, 6) is -0.105. The van der Waals surface area contributed by atoms with Gasteiger partial charge in [-0.05, 0) is 30.5 Å². The van der Waals surface area contributed by atoms with Gasteiger partial charge in [0.1, 0.15) is 5.54 Å². The minimum Gasteiger partial charge on any atom is -0.305 e. The summed E-state index contributed by atoms with van der Waals surface area (Å²) in [6.45, 7) is 0.491. The molecule has 0 atom stereocenters. The summed E-state index contributed by atoms with van der Waals surface area (Å²) < 4.78 is 1.01. The van der Waals surface area contributed by atoms with Gasteiger partial charge in [-0.15, -0.1) is 0 Å². The zero-order valence-corrected chi connectivity index (χ0v) is 13.5. The molecule has 2 aliphatic rings. The van der Waals surface area contributed by atoms with Gasteiger partial charge in [-0.25, -0.2) is 4.79 Å². The van der Waals surface area contributed by atoms with Gasteiger partial charge >= 0.3 is 6.03 Å². The molecule has 1 aromatic rings. The molecule has 3 rings (SSSR count). The molecule has 0 aromatic heterocycles. The Labute approximate surface area is 133 Å². The number of hydrogen-bond donors (Lipinski definition) is 1. The quantitative estimate of drug-likeness (QED) is 0.828. The molecule has 21 heavy (non-hydrogen) atoms. The Morgan fingerprint density at radius 2 is 1.67 bits per heavy atom. The van der Waals surface area contributed by atoms with Crippen LogP contribution in [-0.2, 0) is 11.3 Å². The van der Waals surface area contributed by atoms with Crippen molar-refractivity contribution in [2.75, 3.05) is 0 Å². The number of amides is 3. The Kier molecular flexibility index (Phi) is 4.02. The van der Waals surface area contributed by atoms with E-state index in [2.05, 4.69) is 21.2 Å². The van der Waals surface area contributed by atoms with Crippen LogP contribution in [0.5, 0.6) is 0 Å². The van der Waals surface area contributed by atoms with E-state index in [0.717, 1.165) is 48.6 Å². The Morgan fingerprint density at radius 1 is 1.05 bits per heavy atom. The fourth-order valence-electron chi connectivity index (χ4n) is 3.40. The van der Waals surface area contributed by atoms with E-state index in [1.165, 1.54) is 0 Å². The number of rotatable bonds is 2. The lowest BCUT2D eigenvalue weighted by Crippen LogP contribution is -2.48. The van der Waals surface area contributed by atoms with Crippen molar-refractivity contribution in [2.45, 2.75) is 50.6 Å². The van der Waals surface area contributed by atoms with E-state index in [-0.39, 0.29) is 11.9 Å². The smallest absolute Gasteiger partial charge is 0.305 e. The highest BCUT2D eigenvalue weighted by Crippen LogP contribution is 2.37.